The molecule has 2 rings (SSSR count). The van der Waals surface area contributed by atoms with Crippen molar-refractivity contribution in [3.8, 4) is 0 Å². The predicted octanol–water partition coefficient (Wildman–Crippen LogP) is 2.07. The zero-order valence-electron chi connectivity index (χ0n) is 12.6. The largest absolute Gasteiger partial charge is 0.358 e. The zero-order valence-corrected chi connectivity index (χ0v) is 13.4. The Morgan fingerprint density at radius 1 is 1.26 bits per heavy atom. The topological polar surface area (TPSA) is 114 Å². The Bertz CT molecular complexity index is 823. The Morgan fingerprint density at radius 2 is 2.00 bits per heavy atom. The lowest BCUT2D eigenvalue weighted by molar-refractivity contribution is -0.384. The van der Waals surface area contributed by atoms with Crippen molar-refractivity contribution >= 4 is 21.5 Å². The van der Waals surface area contributed by atoms with Crippen molar-refractivity contribution in [2.24, 2.45) is 0 Å². The molecule has 0 spiro atoms. The molecular formula is C14H16N4O4S. The van der Waals surface area contributed by atoms with E-state index in [-0.39, 0.29) is 22.4 Å². The van der Waals surface area contributed by atoms with Gasteiger partial charge in [0.1, 0.15) is 0 Å². The Balaban J connectivity index is 2.31. The van der Waals surface area contributed by atoms with Crippen LogP contribution in [-0.2, 0) is 10.0 Å². The number of pyridine rings is 1. The lowest BCUT2D eigenvalue weighted by atomic mass is 10.1. The van der Waals surface area contributed by atoms with E-state index in [0.717, 1.165) is 0 Å². The summed E-state index contributed by atoms with van der Waals surface area (Å²) >= 11 is 0. The summed E-state index contributed by atoms with van der Waals surface area (Å²) < 4.78 is 25.9. The average molecular weight is 336 g/mol. The van der Waals surface area contributed by atoms with E-state index < -0.39 is 14.9 Å². The third-order valence-electron chi connectivity index (χ3n) is 3.27. The molecular weight excluding hydrogens is 320 g/mol. The van der Waals surface area contributed by atoms with E-state index in [1.54, 1.807) is 19.1 Å². The number of nitrogens with one attached hydrogen (secondary N) is 2. The molecule has 0 fully saturated rings. The van der Waals surface area contributed by atoms with Gasteiger partial charge in [-0.2, -0.15) is 0 Å². The number of nitrogens with zero attached hydrogens (tertiary/aromatic N) is 2. The van der Waals surface area contributed by atoms with Crippen LogP contribution in [0.5, 0.6) is 0 Å². The summed E-state index contributed by atoms with van der Waals surface area (Å²) in [5.74, 6) is 0.131. The molecule has 8 nitrogen and oxygen atoms in total. The van der Waals surface area contributed by atoms with Gasteiger partial charge in [0.15, 0.2) is 0 Å². The first-order valence-corrected chi connectivity index (χ1v) is 8.23. The molecule has 0 aliphatic heterocycles. The Kier molecular flexibility index (Phi) is 4.92. The molecule has 0 saturated carbocycles. The second-order valence-electron chi connectivity index (χ2n) is 4.77. The van der Waals surface area contributed by atoms with Crippen LogP contribution >= 0.6 is 0 Å². The average Bonchev–Trinajstić information content (AvgIpc) is 2.55. The summed E-state index contributed by atoms with van der Waals surface area (Å²) in [6.45, 7) is 1.77. The van der Waals surface area contributed by atoms with Crippen molar-refractivity contribution in [3.63, 3.8) is 0 Å². The number of anilines is 1. The van der Waals surface area contributed by atoms with Gasteiger partial charge >= 0.3 is 5.69 Å². The highest BCUT2D eigenvalue weighted by atomic mass is 32.2. The predicted molar refractivity (Wildman–Crippen MR) is 85.6 cm³/mol. The number of hydrogen-bond acceptors (Lipinski definition) is 6. The SMILES string of the molecule is CNS(=O)(=O)c1cccc(C(C)Nc2ncccc2[N+](=O)[O-])c1. The first-order valence-electron chi connectivity index (χ1n) is 6.74. The molecule has 0 amide bonds. The van der Waals surface area contributed by atoms with E-state index in [1.807, 2.05) is 0 Å². The van der Waals surface area contributed by atoms with E-state index >= 15 is 0 Å². The van der Waals surface area contributed by atoms with Crippen LogP contribution in [0.25, 0.3) is 0 Å². The van der Waals surface area contributed by atoms with Crippen LogP contribution in [0.1, 0.15) is 18.5 Å². The highest BCUT2D eigenvalue weighted by Gasteiger charge is 2.18. The lowest BCUT2D eigenvalue weighted by Gasteiger charge is -2.15. The van der Waals surface area contributed by atoms with Gasteiger partial charge in [0.05, 0.1) is 15.9 Å². The molecule has 1 unspecified atom stereocenters. The molecule has 2 aromatic rings. The molecule has 0 aliphatic rings. The van der Waals surface area contributed by atoms with E-state index in [2.05, 4.69) is 15.0 Å². The maximum absolute atomic E-state index is 11.8. The van der Waals surface area contributed by atoms with Crippen molar-refractivity contribution in [3.05, 3.63) is 58.3 Å². The van der Waals surface area contributed by atoms with Crippen molar-refractivity contribution in [2.75, 3.05) is 12.4 Å². The van der Waals surface area contributed by atoms with Gasteiger partial charge < -0.3 is 5.32 Å². The standard InChI is InChI=1S/C14H16N4O4S/c1-10(17-14-13(18(19)20)7-4-8-16-14)11-5-3-6-12(9-11)23(21,22)15-2/h3-10,15H,1-2H3,(H,16,17). The molecule has 23 heavy (non-hydrogen) atoms. The molecule has 1 heterocycles. The van der Waals surface area contributed by atoms with E-state index in [4.69, 9.17) is 0 Å². The van der Waals surface area contributed by atoms with Crippen molar-refractivity contribution in [2.45, 2.75) is 17.9 Å². The molecule has 122 valence electrons. The molecule has 1 aromatic carbocycles. The molecule has 0 aliphatic carbocycles. The normalized spacial score (nSPS) is 12.6. The number of sulfonamides is 1. The third-order valence-corrected chi connectivity index (χ3v) is 4.69. The summed E-state index contributed by atoms with van der Waals surface area (Å²) in [5.41, 5.74) is 0.527. The molecule has 1 aromatic heterocycles. The third kappa shape index (κ3) is 3.82. The lowest BCUT2D eigenvalue weighted by Crippen LogP contribution is -2.19. The van der Waals surface area contributed by atoms with Gasteiger partial charge in [-0.3, -0.25) is 10.1 Å². The van der Waals surface area contributed by atoms with Crippen LogP contribution in [0.3, 0.4) is 0 Å². The highest BCUT2D eigenvalue weighted by Crippen LogP contribution is 2.26. The van der Waals surface area contributed by atoms with Crippen molar-refractivity contribution < 1.29 is 13.3 Å². The van der Waals surface area contributed by atoms with Crippen LogP contribution in [0, 0.1) is 10.1 Å². The summed E-state index contributed by atoms with van der Waals surface area (Å²) in [4.78, 5) is 14.6. The molecule has 1 atom stereocenters. The minimum absolute atomic E-state index is 0.127. The summed E-state index contributed by atoms with van der Waals surface area (Å²) in [7, 11) is -2.22. The fourth-order valence-corrected chi connectivity index (χ4v) is 2.80. The zero-order chi connectivity index (χ0) is 17.0. The molecule has 0 saturated heterocycles. The van der Waals surface area contributed by atoms with Crippen molar-refractivity contribution in [1.29, 1.82) is 0 Å². The molecule has 0 radical (unpaired) electrons. The first-order chi connectivity index (χ1) is 10.8. The van der Waals surface area contributed by atoms with E-state index in [9.17, 15) is 18.5 Å². The van der Waals surface area contributed by atoms with Gasteiger partial charge in [-0.25, -0.2) is 18.1 Å². The number of rotatable bonds is 6. The van der Waals surface area contributed by atoms with Gasteiger partial charge in [0.25, 0.3) is 0 Å². The highest BCUT2D eigenvalue weighted by molar-refractivity contribution is 7.89. The van der Waals surface area contributed by atoms with Gasteiger partial charge in [-0.1, -0.05) is 12.1 Å². The summed E-state index contributed by atoms with van der Waals surface area (Å²) in [5, 5.41) is 13.9. The van der Waals surface area contributed by atoms with E-state index in [0.29, 0.717) is 5.56 Å². The molecule has 0 bridgehead atoms. The number of hydrogen-bond donors (Lipinski definition) is 2. The maximum atomic E-state index is 11.8. The monoisotopic (exact) mass is 336 g/mol. The number of nitro groups is 1. The first kappa shape index (κ1) is 16.8. The quantitative estimate of drug-likeness (QED) is 0.616. The van der Waals surface area contributed by atoms with Crippen LogP contribution in [0.4, 0.5) is 11.5 Å². The maximum Gasteiger partial charge on any atom is 0.311 e. The summed E-state index contributed by atoms with van der Waals surface area (Å²) in [6.07, 6.45) is 1.45. The van der Waals surface area contributed by atoms with Gasteiger partial charge in [0, 0.05) is 12.3 Å². The smallest absolute Gasteiger partial charge is 0.311 e. The van der Waals surface area contributed by atoms with Gasteiger partial charge in [0.2, 0.25) is 15.8 Å². The molecule has 9 heteroatoms. The Hall–Kier alpha value is -2.52. The second kappa shape index (κ2) is 6.71. The van der Waals surface area contributed by atoms with Crippen LogP contribution < -0.4 is 10.0 Å². The molecule has 2 N–H and O–H groups in total. The van der Waals surface area contributed by atoms with Gasteiger partial charge in [-0.15, -0.1) is 0 Å². The minimum Gasteiger partial charge on any atom is -0.358 e. The fraction of sp³-hybridized carbons (Fsp3) is 0.214. The van der Waals surface area contributed by atoms with Crippen molar-refractivity contribution in [1.82, 2.24) is 9.71 Å². The van der Waals surface area contributed by atoms with Crippen LogP contribution in [-0.4, -0.2) is 25.4 Å². The number of benzene rings is 1. The Morgan fingerprint density at radius 3 is 2.65 bits per heavy atom. The fourth-order valence-electron chi connectivity index (χ4n) is 2.01. The second-order valence-corrected chi connectivity index (χ2v) is 6.66. The Labute approximate surface area is 133 Å². The van der Waals surface area contributed by atoms with E-state index in [1.165, 1.54) is 37.5 Å². The minimum atomic E-state index is -3.55. The van der Waals surface area contributed by atoms with Crippen LogP contribution in [0.2, 0.25) is 0 Å². The van der Waals surface area contributed by atoms with Crippen LogP contribution in [0.15, 0.2) is 47.5 Å². The summed E-state index contributed by atoms with van der Waals surface area (Å²) in [6, 6.07) is 8.81. The number of aromatic nitrogens is 1. The van der Waals surface area contributed by atoms with Gasteiger partial charge in [-0.05, 0) is 37.7 Å².